The lowest BCUT2D eigenvalue weighted by molar-refractivity contribution is 0.318. The Balaban J connectivity index is 2.03. The van der Waals surface area contributed by atoms with Gasteiger partial charge in [0.15, 0.2) is 11.5 Å². The lowest BCUT2D eigenvalue weighted by atomic mass is 10.2. The van der Waals surface area contributed by atoms with Crippen LogP contribution in [0.15, 0.2) is 30.5 Å². The Hall–Kier alpha value is -2.17. The number of aryl methyl sites for hydroxylation is 1. The van der Waals surface area contributed by atoms with Gasteiger partial charge >= 0.3 is 0 Å². The second-order valence-corrected chi connectivity index (χ2v) is 3.96. The van der Waals surface area contributed by atoms with E-state index in [0.29, 0.717) is 18.9 Å². The number of phenolic OH excluding ortho intramolecular Hbond substituents is 1. The van der Waals surface area contributed by atoms with E-state index in [9.17, 15) is 5.11 Å². The highest BCUT2D eigenvalue weighted by Crippen LogP contribution is 2.27. The van der Waals surface area contributed by atoms with E-state index in [0.717, 1.165) is 11.4 Å². The van der Waals surface area contributed by atoms with Crippen LogP contribution in [-0.4, -0.2) is 21.5 Å². The van der Waals surface area contributed by atoms with Crippen molar-refractivity contribution in [3.63, 3.8) is 0 Å². The summed E-state index contributed by atoms with van der Waals surface area (Å²) >= 11 is 0. The topological polar surface area (TPSA) is 59.3 Å². The van der Waals surface area contributed by atoms with Crippen molar-refractivity contribution in [2.75, 3.05) is 11.9 Å². The van der Waals surface area contributed by atoms with Crippen LogP contribution in [0.2, 0.25) is 0 Å². The monoisotopic (exact) mass is 247 g/mol. The molecule has 2 aromatic rings. The van der Waals surface area contributed by atoms with E-state index in [4.69, 9.17) is 4.74 Å². The van der Waals surface area contributed by atoms with E-state index in [-0.39, 0.29) is 5.75 Å². The van der Waals surface area contributed by atoms with Gasteiger partial charge in [-0.05, 0) is 24.6 Å². The van der Waals surface area contributed by atoms with Crippen LogP contribution in [0.1, 0.15) is 12.5 Å². The molecule has 0 amide bonds. The fourth-order valence-corrected chi connectivity index (χ4v) is 1.64. The standard InChI is InChI=1S/C13H17N3O2/c1-3-18-12-8-10(4-5-11(12)17)9-14-13-6-7-16(2)15-13/h4-8,17H,3,9H2,1-2H3,(H,14,15). The molecule has 0 unspecified atom stereocenters. The predicted octanol–water partition coefficient (Wildman–Crippen LogP) is 2.14. The number of benzene rings is 1. The molecule has 1 aromatic heterocycles. The van der Waals surface area contributed by atoms with E-state index in [1.807, 2.05) is 38.4 Å². The number of nitrogens with zero attached hydrogens (tertiary/aromatic N) is 2. The summed E-state index contributed by atoms with van der Waals surface area (Å²) in [5, 5.41) is 17.0. The van der Waals surface area contributed by atoms with E-state index >= 15 is 0 Å². The SMILES string of the molecule is CCOc1cc(CNc2ccn(C)n2)ccc1O. The minimum absolute atomic E-state index is 0.165. The van der Waals surface area contributed by atoms with Crippen molar-refractivity contribution in [2.45, 2.75) is 13.5 Å². The molecule has 0 aliphatic heterocycles. The predicted molar refractivity (Wildman–Crippen MR) is 69.8 cm³/mol. The summed E-state index contributed by atoms with van der Waals surface area (Å²) in [6.45, 7) is 3.06. The smallest absolute Gasteiger partial charge is 0.161 e. The number of hydrogen-bond donors (Lipinski definition) is 2. The van der Waals surface area contributed by atoms with Gasteiger partial charge in [0.05, 0.1) is 6.61 Å². The molecule has 5 nitrogen and oxygen atoms in total. The molecule has 1 aromatic carbocycles. The molecule has 0 bridgehead atoms. The van der Waals surface area contributed by atoms with Gasteiger partial charge in [-0.25, -0.2) is 0 Å². The van der Waals surface area contributed by atoms with Crippen LogP contribution >= 0.6 is 0 Å². The first-order valence-electron chi connectivity index (χ1n) is 5.87. The number of nitrogens with one attached hydrogen (secondary N) is 1. The number of phenols is 1. The fourth-order valence-electron chi connectivity index (χ4n) is 1.64. The molecular formula is C13H17N3O2. The van der Waals surface area contributed by atoms with E-state index < -0.39 is 0 Å². The van der Waals surface area contributed by atoms with Crippen LogP contribution in [0.25, 0.3) is 0 Å². The first-order valence-corrected chi connectivity index (χ1v) is 5.87. The van der Waals surface area contributed by atoms with Crippen molar-refractivity contribution < 1.29 is 9.84 Å². The third-order valence-electron chi connectivity index (χ3n) is 2.51. The summed E-state index contributed by atoms with van der Waals surface area (Å²) in [5.74, 6) is 1.50. The molecule has 0 aliphatic rings. The molecule has 0 radical (unpaired) electrons. The number of anilines is 1. The summed E-state index contributed by atoms with van der Waals surface area (Å²) in [6.07, 6.45) is 1.88. The number of rotatable bonds is 5. The van der Waals surface area contributed by atoms with Crippen molar-refractivity contribution in [1.82, 2.24) is 9.78 Å². The zero-order chi connectivity index (χ0) is 13.0. The first-order chi connectivity index (χ1) is 8.69. The quantitative estimate of drug-likeness (QED) is 0.849. The van der Waals surface area contributed by atoms with Gasteiger partial charge in [0.1, 0.15) is 5.82 Å². The molecule has 96 valence electrons. The van der Waals surface area contributed by atoms with Gasteiger partial charge in [0.25, 0.3) is 0 Å². The van der Waals surface area contributed by atoms with Gasteiger partial charge in [0.2, 0.25) is 0 Å². The average molecular weight is 247 g/mol. The molecule has 2 rings (SSSR count). The normalized spacial score (nSPS) is 10.3. The Morgan fingerprint density at radius 1 is 1.39 bits per heavy atom. The third kappa shape index (κ3) is 2.94. The van der Waals surface area contributed by atoms with Crippen molar-refractivity contribution in [2.24, 2.45) is 7.05 Å². The van der Waals surface area contributed by atoms with E-state index in [1.165, 1.54) is 0 Å². The molecular weight excluding hydrogens is 230 g/mol. The highest BCUT2D eigenvalue weighted by Gasteiger charge is 2.04. The molecule has 0 fully saturated rings. The minimum Gasteiger partial charge on any atom is -0.504 e. The summed E-state index contributed by atoms with van der Waals surface area (Å²) < 4.78 is 7.08. The van der Waals surface area contributed by atoms with Gasteiger partial charge in [-0.2, -0.15) is 5.10 Å². The minimum atomic E-state index is 0.165. The van der Waals surface area contributed by atoms with Crippen molar-refractivity contribution in [3.05, 3.63) is 36.0 Å². The largest absolute Gasteiger partial charge is 0.504 e. The van der Waals surface area contributed by atoms with Crippen LogP contribution in [0.3, 0.4) is 0 Å². The molecule has 5 heteroatoms. The molecule has 1 heterocycles. The fraction of sp³-hybridized carbons (Fsp3) is 0.308. The van der Waals surface area contributed by atoms with Gasteiger partial charge in [-0.1, -0.05) is 6.07 Å². The van der Waals surface area contributed by atoms with E-state index in [1.54, 1.807) is 10.7 Å². The highest BCUT2D eigenvalue weighted by molar-refractivity contribution is 5.43. The molecule has 0 saturated heterocycles. The number of hydrogen-bond acceptors (Lipinski definition) is 4. The summed E-state index contributed by atoms with van der Waals surface area (Å²) in [6, 6.07) is 7.23. The lowest BCUT2D eigenvalue weighted by Crippen LogP contribution is -2.01. The van der Waals surface area contributed by atoms with Crippen LogP contribution < -0.4 is 10.1 Å². The molecule has 18 heavy (non-hydrogen) atoms. The summed E-state index contributed by atoms with van der Waals surface area (Å²) in [7, 11) is 1.87. The molecule has 0 saturated carbocycles. The average Bonchev–Trinajstić information content (AvgIpc) is 2.76. The van der Waals surface area contributed by atoms with Crippen LogP contribution in [0.4, 0.5) is 5.82 Å². The van der Waals surface area contributed by atoms with Gasteiger partial charge < -0.3 is 15.2 Å². The molecule has 2 N–H and O–H groups in total. The summed E-state index contributed by atoms with van der Waals surface area (Å²) in [4.78, 5) is 0. The van der Waals surface area contributed by atoms with Crippen molar-refractivity contribution in [1.29, 1.82) is 0 Å². The Morgan fingerprint density at radius 3 is 2.89 bits per heavy atom. The van der Waals surface area contributed by atoms with Crippen LogP contribution in [0.5, 0.6) is 11.5 Å². The Labute approximate surface area is 106 Å². The van der Waals surface area contributed by atoms with Crippen LogP contribution in [0, 0.1) is 0 Å². The molecule has 0 spiro atoms. The maximum atomic E-state index is 9.59. The molecule has 0 aliphatic carbocycles. The van der Waals surface area contributed by atoms with Gasteiger partial charge in [-0.15, -0.1) is 0 Å². The van der Waals surface area contributed by atoms with Gasteiger partial charge in [-0.3, -0.25) is 4.68 Å². The van der Waals surface area contributed by atoms with E-state index in [2.05, 4.69) is 10.4 Å². The second-order valence-electron chi connectivity index (χ2n) is 3.96. The molecule has 0 atom stereocenters. The number of aromatic nitrogens is 2. The number of ether oxygens (including phenoxy) is 1. The second kappa shape index (κ2) is 5.44. The zero-order valence-corrected chi connectivity index (χ0v) is 10.6. The van der Waals surface area contributed by atoms with Crippen molar-refractivity contribution in [3.8, 4) is 11.5 Å². The maximum Gasteiger partial charge on any atom is 0.161 e. The Bertz CT molecular complexity index is 523. The maximum absolute atomic E-state index is 9.59. The number of aromatic hydroxyl groups is 1. The Kier molecular flexibility index (Phi) is 3.72. The van der Waals surface area contributed by atoms with Crippen LogP contribution in [-0.2, 0) is 13.6 Å². The lowest BCUT2D eigenvalue weighted by Gasteiger charge is -2.08. The summed E-state index contributed by atoms with van der Waals surface area (Å²) in [5.41, 5.74) is 1.03. The zero-order valence-electron chi connectivity index (χ0n) is 10.6. The van der Waals surface area contributed by atoms with Gasteiger partial charge in [0, 0.05) is 25.9 Å². The highest BCUT2D eigenvalue weighted by atomic mass is 16.5. The van der Waals surface area contributed by atoms with Crippen molar-refractivity contribution >= 4 is 5.82 Å². The third-order valence-corrected chi connectivity index (χ3v) is 2.51. The first kappa shape index (κ1) is 12.3. The Morgan fingerprint density at radius 2 is 2.22 bits per heavy atom.